The highest BCUT2D eigenvalue weighted by atomic mass is 35.5. The quantitative estimate of drug-likeness (QED) is 0.450. The molecule has 5 nitrogen and oxygen atoms in total. The van der Waals surface area contributed by atoms with Crippen LogP contribution in [0.15, 0.2) is 72.8 Å². The second kappa shape index (κ2) is 9.15. The molecule has 3 aromatic rings. The molecule has 1 saturated carbocycles. The van der Waals surface area contributed by atoms with Crippen LogP contribution in [-0.4, -0.2) is 29.3 Å². The van der Waals surface area contributed by atoms with E-state index >= 15 is 0 Å². The third-order valence-corrected chi connectivity index (χ3v) is 7.53. The first-order valence-corrected chi connectivity index (χ1v) is 12.0. The summed E-state index contributed by atoms with van der Waals surface area (Å²) in [5.41, 5.74) is 4.36. The molecule has 34 heavy (non-hydrogen) atoms. The first-order chi connectivity index (χ1) is 16.5. The van der Waals surface area contributed by atoms with Gasteiger partial charge in [-0.25, -0.2) is 9.59 Å². The van der Waals surface area contributed by atoms with E-state index in [2.05, 4.69) is 29.6 Å². The molecule has 2 aliphatic carbocycles. The van der Waals surface area contributed by atoms with Gasteiger partial charge in [0, 0.05) is 10.9 Å². The third kappa shape index (κ3) is 4.16. The molecular formula is C28H26ClNO4. The van der Waals surface area contributed by atoms with E-state index in [1.807, 2.05) is 48.5 Å². The van der Waals surface area contributed by atoms with Gasteiger partial charge in [-0.15, -0.1) is 0 Å². The zero-order valence-electron chi connectivity index (χ0n) is 18.7. The van der Waals surface area contributed by atoms with Crippen LogP contribution in [0.4, 0.5) is 4.79 Å². The highest BCUT2D eigenvalue weighted by Crippen LogP contribution is 2.44. The minimum absolute atomic E-state index is 0.0698. The van der Waals surface area contributed by atoms with Crippen molar-refractivity contribution in [1.82, 2.24) is 5.32 Å². The molecule has 0 saturated heterocycles. The smallest absolute Gasteiger partial charge is 0.408 e. The van der Waals surface area contributed by atoms with Crippen LogP contribution in [0, 0.1) is 0 Å². The van der Waals surface area contributed by atoms with Gasteiger partial charge in [-0.05, 0) is 71.6 Å². The fraction of sp³-hybridized carbons (Fsp3) is 0.286. The average Bonchev–Trinajstić information content (AvgIpc) is 3.17. The number of hydrogen-bond donors (Lipinski definition) is 2. The van der Waals surface area contributed by atoms with Crippen molar-refractivity contribution in [3.63, 3.8) is 0 Å². The average molecular weight is 476 g/mol. The molecule has 2 aliphatic rings. The van der Waals surface area contributed by atoms with E-state index in [-0.39, 0.29) is 18.4 Å². The molecule has 5 rings (SSSR count). The van der Waals surface area contributed by atoms with Gasteiger partial charge in [0.25, 0.3) is 0 Å². The standard InChI is InChI=1S/C28H26ClNO4/c29-20-11-9-18(10-12-20)19-13-15-28(16-14-19,26(31)32)30-27(33)34-17-25-23-7-3-1-5-21(23)22-6-2-4-8-24(22)25/h1-12,19,25H,13-17H2,(H,30,33)(H,31,32). The summed E-state index contributed by atoms with van der Waals surface area (Å²) in [6.07, 6.45) is 1.34. The summed E-state index contributed by atoms with van der Waals surface area (Å²) in [5.74, 6) is -0.843. The molecular weight excluding hydrogens is 450 g/mol. The molecule has 0 aromatic heterocycles. The predicted octanol–water partition coefficient (Wildman–Crippen LogP) is 6.36. The second-order valence-corrected chi connectivity index (χ2v) is 9.60. The SMILES string of the molecule is O=C(NC1(C(=O)O)CCC(c2ccc(Cl)cc2)CC1)OCC1c2ccccc2-c2ccccc21. The van der Waals surface area contributed by atoms with Crippen LogP contribution in [0.5, 0.6) is 0 Å². The number of nitrogens with one attached hydrogen (secondary N) is 1. The molecule has 3 aromatic carbocycles. The summed E-state index contributed by atoms with van der Waals surface area (Å²) in [6, 6.07) is 23.9. The minimum Gasteiger partial charge on any atom is -0.480 e. The summed E-state index contributed by atoms with van der Waals surface area (Å²) in [5, 5.41) is 13.4. The van der Waals surface area contributed by atoms with Crippen molar-refractivity contribution < 1.29 is 19.4 Å². The van der Waals surface area contributed by atoms with E-state index in [1.54, 1.807) is 0 Å². The van der Waals surface area contributed by atoms with E-state index in [4.69, 9.17) is 16.3 Å². The molecule has 1 amide bonds. The first kappa shape index (κ1) is 22.5. The van der Waals surface area contributed by atoms with Crippen LogP contribution in [0.1, 0.15) is 54.2 Å². The maximum absolute atomic E-state index is 12.8. The lowest BCUT2D eigenvalue weighted by Crippen LogP contribution is -2.56. The third-order valence-electron chi connectivity index (χ3n) is 7.27. The molecule has 0 aliphatic heterocycles. The van der Waals surface area contributed by atoms with Crippen molar-refractivity contribution in [2.45, 2.75) is 43.1 Å². The molecule has 0 spiro atoms. The number of amides is 1. The summed E-state index contributed by atoms with van der Waals surface area (Å²) >= 11 is 5.99. The van der Waals surface area contributed by atoms with Crippen LogP contribution in [0.2, 0.25) is 5.02 Å². The highest BCUT2D eigenvalue weighted by molar-refractivity contribution is 6.30. The minimum atomic E-state index is -1.31. The fourth-order valence-corrected chi connectivity index (χ4v) is 5.53. The van der Waals surface area contributed by atoms with Gasteiger partial charge in [0.05, 0.1) is 0 Å². The first-order valence-electron chi connectivity index (χ1n) is 11.6. The Hall–Kier alpha value is -3.31. The molecule has 0 unspecified atom stereocenters. The molecule has 1 fully saturated rings. The zero-order chi connectivity index (χ0) is 23.7. The molecule has 0 radical (unpaired) electrons. The van der Waals surface area contributed by atoms with Crippen molar-refractivity contribution in [2.75, 3.05) is 6.61 Å². The molecule has 0 heterocycles. The highest BCUT2D eigenvalue weighted by Gasteiger charge is 2.44. The normalized spacial score (nSPS) is 21.4. The van der Waals surface area contributed by atoms with Crippen molar-refractivity contribution in [1.29, 1.82) is 0 Å². The molecule has 0 bridgehead atoms. The van der Waals surface area contributed by atoms with Gasteiger partial charge in [-0.1, -0.05) is 72.3 Å². The van der Waals surface area contributed by atoms with E-state index in [0.717, 1.165) is 27.8 Å². The zero-order valence-corrected chi connectivity index (χ0v) is 19.4. The van der Waals surface area contributed by atoms with Gasteiger partial charge >= 0.3 is 12.1 Å². The summed E-state index contributed by atoms with van der Waals surface area (Å²) in [6.45, 7) is 0.156. The monoisotopic (exact) mass is 475 g/mol. The Morgan fingerprint density at radius 1 is 0.912 bits per heavy atom. The number of ether oxygens (including phenoxy) is 1. The molecule has 0 atom stereocenters. The second-order valence-electron chi connectivity index (χ2n) is 9.16. The van der Waals surface area contributed by atoms with Crippen molar-refractivity contribution >= 4 is 23.7 Å². The number of aliphatic carboxylic acids is 1. The Bertz CT molecular complexity index is 1170. The van der Waals surface area contributed by atoms with Crippen LogP contribution >= 0.6 is 11.6 Å². The Morgan fingerprint density at radius 2 is 1.47 bits per heavy atom. The van der Waals surface area contributed by atoms with Crippen LogP contribution in [0.25, 0.3) is 11.1 Å². The van der Waals surface area contributed by atoms with Crippen LogP contribution < -0.4 is 5.32 Å². The van der Waals surface area contributed by atoms with Gasteiger partial charge in [0.15, 0.2) is 0 Å². The van der Waals surface area contributed by atoms with E-state index in [9.17, 15) is 14.7 Å². The maximum Gasteiger partial charge on any atom is 0.408 e. The van der Waals surface area contributed by atoms with Crippen LogP contribution in [0.3, 0.4) is 0 Å². The Labute approximate surface area is 203 Å². The van der Waals surface area contributed by atoms with E-state index in [1.165, 1.54) is 0 Å². The van der Waals surface area contributed by atoms with Gasteiger partial charge in [0.1, 0.15) is 12.1 Å². The van der Waals surface area contributed by atoms with Crippen molar-refractivity contribution in [3.05, 3.63) is 94.5 Å². The number of rotatable bonds is 5. The topological polar surface area (TPSA) is 75.6 Å². The lowest BCUT2D eigenvalue weighted by molar-refractivity contribution is -0.146. The molecule has 174 valence electrons. The lowest BCUT2D eigenvalue weighted by Gasteiger charge is -2.37. The van der Waals surface area contributed by atoms with Gasteiger partial charge in [-0.3, -0.25) is 0 Å². The van der Waals surface area contributed by atoms with Gasteiger partial charge in [-0.2, -0.15) is 0 Å². The van der Waals surface area contributed by atoms with Crippen molar-refractivity contribution in [3.8, 4) is 11.1 Å². The number of hydrogen-bond acceptors (Lipinski definition) is 3. The van der Waals surface area contributed by atoms with Crippen molar-refractivity contribution in [2.24, 2.45) is 0 Å². The number of benzene rings is 3. The largest absolute Gasteiger partial charge is 0.480 e. The number of alkyl carbamates (subject to hydrolysis) is 1. The Morgan fingerprint density at radius 3 is 2.03 bits per heavy atom. The molecule has 2 N–H and O–H groups in total. The lowest BCUT2D eigenvalue weighted by atomic mass is 9.74. The maximum atomic E-state index is 12.8. The van der Waals surface area contributed by atoms with Crippen LogP contribution in [-0.2, 0) is 9.53 Å². The summed E-state index contributed by atoms with van der Waals surface area (Å²) in [4.78, 5) is 25.0. The number of halogens is 1. The molecule has 6 heteroatoms. The fourth-order valence-electron chi connectivity index (χ4n) is 5.40. The van der Waals surface area contributed by atoms with Gasteiger partial charge in [0.2, 0.25) is 0 Å². The Balaban J connectivity index is 1.25. The van der Waals surface area contributed by atoms with E-state index in [0.29, 0.717) is 30.7 Å². The van der Waals surface area contributed by atoms with Gasteiger partial charge < -0.3 is 15.2 Å². The number of carbonyl (C=O) groups is 2. The predicted molar refractivity (Wildman–Crippen MR) is 131 cm³/mol. The number of fused-ring (bicyclic) bond motifs is 3. The number of carbonyl (C=O) groups excluding carboxylic acids is 1. The Kier molecular flexibility index (Phi) is 6.05. The summed E-state index contributed by atoms with van der Waals surface area (Å²) in [7, 11) is 0. The van der Waals surface area contributed by atoms with E-state index < -0.39 is 17.6 Å². The number of carboxylic acid groups (broad SMARTS) is 1. The summed E-state index contributed by atoms with van der Waals surface area (Å²) < 4.78 is 5.61. The number of carboxylic acids is 1.